The van der Waals surface area contributed by atoms with E-state index in [0.29, 0.717) is 6.42 Å². The molecule has 2 heteroatoms. The van der Waals surface area contributed by atoms with Gasteiger partial charge in [-0.3, -0.25) is 4.79 Å². The Kier molecular flexibility index (Phi) is 14.4. The molecule has 0 aromatic rings. The van der Waals surface area contributed by atoms with Gasteiger partial charge >= 0.3 is 5.97 Å². The van der Waals surface area contributed by atoms with Gasteiger partial charge in [-0.15, -0.1) is 12.3 Å². The van der Waals surface area contributed by atoms with Crippen molar-refractivity contribution >= 4 is 5.97 Å². The lowest BCUT2D eigenvalue weighted by Crippen LogP contribution is -1.93. The smallest absolute Gasteiger partial charge is 0.303 e. The van der Waals surface area contributed by atoms with Gasteiger partial charge in [-0.25, -0.2) is 0 Å². The molecule has 20 heavy (non-hydrogen) atoms. The standard InChI is InChI=1S/C18H28O2/c1-2-3-4-5-6-7-8-9-10-11-12-13-14-15-16-17-18(19)20/h1,6-7,9-10H,3-5,8,11-17H2,(H,19,20). The maximum atomic E-state index is 10.3. The van der Waals surface area contributed by atoms with E-state index in [2.05, 4.69) is 30.2 Å². The molecular formula is C18H28O2. The molecule has 0 unspecified atom stereocenters. The van der Waals surface area contributed by atoms with Crippen molar-refractivity contribution < 1.29 is 9.90 Å². The fraction of sp³-hybridized carbons (Fsp3) is 0.611. The Morgan fingerprint density at radius 2 is 1.50 bits per heavy atom. The number of carboxylic acids is 1. The number of carboxylic acid groups (broad SMARTS) is 1. The third-order valence-corrected chi connectivity index (χ3v) is 3.06. The summed E-state index contributed by atoms with van der Waals surface area (Å²) in [7, 11) is 0. The third kappa shape index (κ3) is 16.5. The van der Waals surface area contributed by atoms with Gasteiger partial charge in [-0.2, -0.15) is 0 Å². The molecule has 0 spiro atoms. The van der Waals surface area contributed by atoms with Gasteiger partial charge in [0.25, 0.3) is 0 Å². The van der Waals surface area contributed by atoms with Crippen molar-refractivity contribution in [2.45, 2.75) is 70.6 Å². The molecule has 0 aliphatic carbocycles. The van der Waals surface area contributed by atoms with Crippen molar-refractivity contribution in [3.63, 3.8) is 0 Å². The Morgan fingerprint density at radius 3 is 2.15 bits per heavy atom. The molecule has 0 bridgehead atoms. The van der Waals surface area contributed by atoms with Crippen LogP contribution in [0.15, 0.2) is 24.3 Å². The highest BCUT2D eigenvalue weighted by molar-refractivity contribution is 5.66. The first-order valence-electron chi connectivity index (χ1n) is 7.72. The van der Waals surface area contributed by atoms with E-state index < -0.39 is 5.97 Å². The second kappa shape index (κ2) is 15.6. The van der Waals surface area contributed by atoms with Crippen molar-refractivity contribution in [1.29, 1.82) is 0 Å². The van der Waals surface area contributed by atoms with Crippen molar-refractivity contribution in [3.8, 4) is 12.3 Å². The highest BCUT2D eigenvalue weighted by Gasteiger charge is 1.95. The average molecular weight is 276 g/mol. The average Bonchev–Trinajstić information content (AvgIpc) is 2.43. The predicted octanol–water partition coefficient (Wildman–Crippen LogP) is 5.11. The van der Waals surface area contributed by atoms with Crippen LogP contribution >= 0.6 is 0 Å². The fourth-order valence-electron chi connectivity index (χ4n) is 1.90. The van der Waals surface area contributed by atoms with Gasteiger partial charge in [0.2, 0.25) is 0 Å². The van der Waals surface area contributed by atoms with Gasteiger partial charge in [-0.1, -0.05) is 43.6 Å². The summed E-state index contributed by atoms with van der Waals surface area (Å²) in [5, 5.41) is 8.49. The summed E-state index contributed by atoms with van der Waals surface area (Å²) in [5.74, 6) is 1.96. The van der Waals surface area contributed by atoms with Crippen LogP contribution in [-0.4, -0.2) is 11.1 Å². The van der Waals surface area contributed by atoms with Crippen LogP contribution in [0.4, 0.5) is 0 Å². The van der Waals surface area contributed by atoms with Crippen LogP contribution in [0, 0.1) is 12.3 Å². The molecule has 0 aromatic carbocycles. The van der Waals surface area contributed by atoms with Gasteiger partial charge in [0.05, 0.1) is 0 Å². The lowest BCUT2D eigenvalue weighted by molar-refractivity contribution is -0.137. The zero-order chi connectivity index (χ0) is 14.9. The highest BCUT2D eigenvalue weighted by atomic mass is 16.4. The Morgan fingerprint density at radius 1 is 0.900 bits per heavy atom. The molecule has 112 valence electrons. The van der Waals surface area contributed by atoms with E-state index in [-0.39, 0.29) is 0 Å². The minimum atomic E-state index is -0.680. The molecule has 0 aliphatic heterocycles. The van der Waals surface area contributed by atoms with Gasteiger partial charge in [0.15, 0.2) is 0 Å². The maximum absolute atomic E-state index is 10.3. The van der Waals surface area contributed by atoms with E-state index in [1.165, 1.54) is 12.8 Å². The summed E-state index contributed by atoms with van der Waals surface area (Å²) in [6.07, 6.45) is 24.9. The molecule has 0 heterocycles. The lowest BCUT2D eigenvalue weighted by atomic mass is 10.1. The normalized spacial score (nSPS) is 11.2. The molecule has 0 amide bonds. The van der Waals surface area contributed by atoms with Crippen molar-refractivity contribution in [3.05, 3.63) is 24.3 Å². The van der Waals surface area contributed by atoms with Crippen LogP contribution in [0.1, 0.15) is 70.6 Å². The zero-order valence-corrected chi connectivity index (χ0v) is 12.5. The Hall–Kier alpha value is -1.49. The van der Waals surface area contributed by atoms with E-state index >= 15 is 0 Å². The molecular weight excluding hydrogens is 248 g/mol. The quantitative estimate of drug-likeness (QED) is 0.288. The van der Waals surface area contributed by atoms with Crippen LogP contribution in [0.2, 0.25) is 0 Å². The second-order valence-corrected chi connectivity index (χ2v) is 4.98. The molecule has 0 aromatic heterocycles. The monoisotopic (exact) mass is 276 g/mol. The van der Waals surface area contributed by atoms with Crippen molar-refractivity contribution in [1.82, 2.24) is 0 Å². The SMILES string of the molecule is C#CCCCC=CCC=CCCCCCCCC(=O)O. The molecule has 0 radical (unpaired) electrons. The first-order valence-corrected chi connectivity index (χ1v) is 7.72. The number of terminal acetylenes is 1. The van der Waals surface area contributed by atoms with E-state index in [1.807, 2.05) is 0 Å². The fourth-order valence-corrected chi connectivity index (χ4v) is 1.90. The van der Waals surface area contributed by atoms with Crippen LogP contribution in [-0.2, 0) is 4.79 Å². The van der Waals surface area contributed by atoms with Crippen LogP contribution in [0.3, 0.4) is 0 Å². The van der Waals surface area contributed by atoms with Crippen LogP contribution in [0.5, 0.6) is 0 Å². The minimum absolute atomic E-state index is 0.313. The molecule has 0 atom stereocenters. The van der Waals surface area contributed by atoms with E-state index in [1.54, 1.807) is 0 Å². The van der Waals surface area contributed by atoms with Crippen molar-refractivity contribution in [2.24, 2.45) is 0 Å². The summed E-state index contributed by atoms with van der Waals surface area (Å²) < 4.78 is 0. The number of carbonyl (C=O) groups is 1. The second-order valence-electron chi connectivity index (χ2n) is 4.98. The first-order chi connectivity index (χ1) is 9.77. The zero-order valence-electron chi connectivity index (χ0n) is 12.5. The summed E-state index contributed by atoms with van der Waals surface area (Å²) in [4.78, 5) is 10.3. The van der Waals surface area contributed by atoms with E-state index in [4.69, 9.17) is 11.5 Å². The molecule has 0 saturated carbocycles. The first kappa shape index (κ1) is 18.5. The van der Waals surface area contributed by atoms with Gasteiger partial charge < -0.3 is 5.11 Å². The van der Waals surface area contributed by atoms with Gasteiger partial charge in [0, 0.05) is 12.8 Å². The van der Waals surface area contributed by atoms with E-state index in [0.717, 1.165) is 51.4 Å². The topological polar surface area (TPSA) is 37.3 Å². The number of aliphatic carboxylic acids is 1. The Bertz CT molecular complexity index is 321. The molecule has 0 fully saturated rings. The molecule has 0 aliphatic rings. The summed E-state index contributed by atoms with van der Waals surface area (Å²) in [5.41, 5.74) is 0. The van der Waals surface area contributed by atoms with Gasteiger partial charge in [-0.05, 0) is 38.5 Å². The third-order valence-electron chi connectivity index (χ3n) is 3.06. The maximum Gasteiger partial charge on any atom is 0.303 e. The van der Waals surface area contributed by atoms with Gasteiger partial charge in [0.1, 0.15) is 0 Å². The number of allylic oxidation sites excluding steroid dienone is 4. The van der Waals surface area contributed by atoms with Crippen LogP contribution < -0.4 is 0 Å². The Balaban J connectivity index is 3.20. The predicted molar refractivity (Wildman–Crippen MR) is 85.5 cm³/mol. The number of rotatable bonds is 13. The number of hydrogen-bond acceptors (Lipinski definition) is 1. The Labute approximate surface area is 124 Å². The summed E-state index contributed by atoms with van der Waals surface area (Å²) >= 11 is 0. The van der Waals surface area contributed by atoms with E-state index in [9.17, 15) is 4.79 Å². The largest absolute Gasteiger partial charge is 0.481 e. The molecule has 2 nitrogen and oxygen atoms in total. The van der Waals surface area contributed by atoms with Crippen molar-refractivity contribution in [2.75, 3.05) is 0 Å². The van der Waals surface area contributed by atoms with Crippen LogP contribution in [0.25, 0.3) is 0 Å². The number of hydrogen-bond donors (Lipinski definition) is 1. The highest BCUT2D eigenvalue weighted by Crippen LogP contribution is 2.07. The minimum Gasteiger partial charge on any atom is -0.481 e. The molecule has 0 saturated heterocycles. The number of unbranched alkanes of at least 4 members (excludes halogenated alkanes) is 7. The summed E-state index contributed by atoms with van der Waals surface area (Å²) in [6.45, 7) is 0. The lowest BCUT2D eigenvalue weighted by Gasteiger charge is -1.98. The molecule has 1 N–H and O–H groups in total. The summed E-state index contributed by atoms with van der Waals surface area (Å²) in [6, 6.07) is 0. The molecule has 0 rings (SSSR count).